The molecule has 0 bridgehead atoms. The molecule has 1 fully saturated rings. The van der Waals surface area contributed by atoms with Crippen LogP contribution in [0.2, 0.25) is 0 Å². The maximum atomic E-state index is 12.5. The van der Waals surface area contributed by atoms with E-state index in [4.69, 9.17) is 4.74 Å². The van der Waals surface area contributed by atoms with Gasteiger partial charge in [0, 0.05) is 24.0 Å². The SMILES string of the molecule is CCc1c(C)sc(NC(=O)C(C)C2CCOCC2)c1C(=O)O. The second-order valence-electron chi connectivity index (χ2n) is 5.73. The fourth-order valence-electron chi connectivity index (χ4n) is 2.97. The van der Waals surface area contributed by atoms with E-state index in [1.807, 2.05) is 20.8 Å². The number of aryl methyl sites for hydroxylation is 1. The highest BCUT2D eigenvalue weighted by Gasteiger charge is 2.28. The number of hydrogen-bond acceptors (Lipinski definition) is 4. The zero-order chi connectivity index (χ0) is 16.3. The fraction of sp³-hybridized carbons (Fsp3) is 0.625. The number of amides is 1. The van der Waals surface area contributed by atoms with Crippen molar-refractivity contribution in [2.45, 2.75) is 40.0 Å². The van der Waals surface area contributed by atoms with Crippen LogP contribution < -0.4 is 5.32 Å². The van der Waals surface area contributed by atoms with Gasteiger partial charge in [-0.05, 0) is 37.7 Å². The third-order valence-corrected chi connectivity index (χ3v) is 5.46. The summed E-state index contributed by atoms with van der Waals surface area (Å²) in [4.78, 5) is 24.9. The summed E-state index contributed by atoms with van der Waals surface area (Å²) in [5.74, 6) is -0.916. The van der Waals surface area contributed by atoms with E-state index in [2.05, 4.69) is 5.32 Å². The van der Waals surface area contributed by atoms with Crippen LogP contribution in [0.4, 0.5) is 5.00 Å². The molecule has 122 valence electrons. The third-order valence-electron chi connectivity index (χ3n) is 4.40. The molecule has 0 aromatic carbocycles. The number of carboxylic acids is 1. The van der Waals surface area contributed by atoms with Crippen molar-refractivity contribution in [1.82, 2.24) is 0 Å². The molecule has 0 spiro atoms. The first-order valence-electron chi connectivity index (χ1n) is 7.69. The zero-order valence-corrected chi connectivity index (χ0v) is 14.1. The number of nitrogens with one attached hydrogen (secondary N) is 1. The van der Waals surface area contributed by atoms with E-state index in [1.54, 1.807) is 0 Å². The topological polar surface area (TPSA) is 75.6 Å². The molecule has 0 aliphatic carbocycles. The molecule has 2 heterocycles. The molecule has 1 atom stereocenters. The molecule has 1 aliphatic heterocycles. The molecule has 1 saturated heterocycles. The summed E-state index contributed by atoms with van der Waals surface area (Å²) in [6.45, 7) is 7.12. The maximum absolute atomic E-state index is 12.5. The largest absolute Gasteiger partial charge is 0.478 e. The van der Waals surface area contributed by atoms with Gasteiger partial charge in [-0.15, -0.1) is 11.3 Å². The molecule has 1 amide bonds. The Bertz CT molecular complexity index is 561. The lowest BCUT2D eigenvalue weighted by Gasteiger charge is -2.26. The Labute approximate surface area is 134 Å². The van der Waals surface area contributed by atoms with E-state index in [1.165, 1.54) is 11.3 Å². The maximum Gasteiger partial charge on any atom is 0.339 e. The summed E-state index contributed by atoms with van der Waals surface area (Å²) in [5.41, 5.74) is 1.06. The summed E-state index contributed by atoms with van der Waals surface area (Å²) in [6, 6.07) is 0. The van der Waals surface area contributed by atoms with Gasteiger partial charge in [0.05, 0.1) is 5.56 Å². The van der Waals surface area contributed by atoms with Crippen molar-refractivity contribution < 1.29 is 19.4 Å². The molecule has 1 aromatic heterocycles. The van der Waals surface area contributed by atoms with Gasteiger partial charge in [-0.3, -0.25) is 4.79 Å². The van der Waals surface area contributed by atoms with Crippen molar-refractivity contribution in [1.29, 1.82) is 0 Å². The first-order valence-corrected chi connectivity index (χ1v) is 8.51. The standard InChI is InChI=1S/C16H23NO4S/c1-4-12-10(3)22-15(13(12)16(19)20)17-14(18)9(2)11-5-7-21-8-6-11/h9,11H,4-8H2,1-3H3,(H,17,18)(H,19,20). The molecule has 1 unspecified atom stereocenters. The summed E-state index contributed by atoms with van der Waals surface area (Å²) < 4.78 is 5.32. The van der Waals surface area contributed by atoms with Crippen molar-refractivity contribution in [2.75, 3.05) is 18.5 Å². The molecule has 1 aromatic rings. The van der Waals surface area contributed by atoms with Gasteiger partial charge in [-0.25, -0.2) is 4.79 Å². The second kappa shape index (κ2) is 7.24. The van der Waals surface area contributed by atoms with E-state index in [9.17, 15) is 14.7 Å². The van der Waals surface area contributed by atoms with Gasteiger partial charge in [-0.1, -0.05) is 13.8 Å². The molecular formula is C16H23NO4S. The molecule has 2 N–H and O–H groups in total. The Morgan fingerprint density at radius 1 is 1.41 bits per heavy atom. The number of hydrogen-bond donors (Lipinski definition) is 2. The first kappa shape index (κ1) is 17.0. The lowest BCUT2D eigenvalue weighted by Crippen LogP contribution is -2.31. The highest BCUT2D eigenvalue weighted by molar-refractivity contribution is 7.16. The monoisotopic (exact) mass is 325 g/mol. The highest BCUT2D eigenvalue weighted by Crippen LogP contribution is 2.34. The van der Waals surface area contributed by atoms with Crippen molar-refractivity contribution in [3.05, 3.63) is 16.0 Å². The predicted octanol–water partition coefficient (Wildman–Crippen LogP) is 3.32. The summed E-state index contributed by atoms with van der Waals surface area (Å²) in [7, 11) is 0. The van der Waals surface area contributed by atoms with Crippen LogP contribution in [0.5, 0.6) is 0 Å². The molecule has 0 radical (unpaired) electrons. The predicted molar refractivity (Wildman–Crippen MR) is 86.7 cm³/mol. The fourth-order valence-corrected chi connectivity index (χ4v) is 4.11. The van der Waals surface area contributed by atoms with Gasteiger partial charge < -0.3 is 15.2 Å². The van der Waals surface area contributed by atoms with Gasteiger partial charge in [0.25, 0.3) is 0 Å². The molecule has 2 rings (SSSR count). The number of rotatable bonds is 5. The normalized spacial score (nSPS) is 17.2. The van der Waals surface area contributed by atoms with E-state index in [0.717, 1.165) is 23.3 Å². The van der Waals surface area contributed by atoms with Crippen LogP contribution in [0.3, 0.4) is 0 Å². The molecule has 22 heavy (non-hydrogen) atoms. The minimum atomic E-state index is -0.977. The number of carbonyl (C=O) groups excluding carboxylic acids is 1. The Morgan fingerprint density at radius 3 is 2.59 bits per heavy atom. The number of carbonyl (C=O) groups is 2. The molecule has 6 heteroatoms. The van der Waals surface area contributed by atoms with Crippen molar-refractivity contribution in [2.24, 2.45) is 11.8 Å². The molecular weight excluding hydrogens is 302 g/mol. The van der Waals surface area contributed by atoms with Crippen LogP contribution in [0.15, 0.2) is 0 Å². The van der Waals surface area contributed by atoms with E-state index >= 15 is 0 Å². The van der Waals surface area contributed by atoms with Gasteiger partial charge >= 0.3 is 5.97 Å². The third kappa shape index (κ3) is 3.50. The van der Waals surface area contributed by atoms with E-state index < -0.39 is 5.97 Å². The lowest BCUT2D eigenvalue weighted by atomic mass is 9.87. The minimum absolute atomic E-state index is 0.0988. The van der Waals surface area contributed by atoms with Crippen molar-refractivity contribution >= 4 is 28.2 Å². The number of carboxylic acid groups (broad SMARTS) is 1. The number of thiophene rings is 1. The van der Waals surface area contributed by atoms with Gasteiger partial charge in [-0.2, -0.15) is 0 Å². The lowest BCUT2D eigenvalue weighted by molar-refractivity contribution is -0.122. The van der Waals surface area contributed by atoms with Crippen LogP contribution in [0.1, 0.15) is 47.5 Å². The Morgan fingerprint density at radius 2 is 2.05 bits per heavy atom. The summed E-state index contributed by atoms with van der Waals surface area (Å²) in [6.07, 6.45) is 2.41. The quantitative estimate of drug-likeness (QED) is 0.871. The van der Waals surface area contributed by atoms with Gasteiger partial charge in [0.1, 0.15) is 5.00 Å². The van der Waals surface area contributed by atoms with Crippen LogP contribution in [-0.4, -0.2) is 30.2 Å². The molecule has 5 nitrogen and oxygen atoms in total. The Kier molecular flexibility index (Phi) is 5.58. The second-order valence-corrected chi connectivity index (χ2v) is 6.95. The number of anilines is 1. The van der Waals surface area contributed by atoms with E-state index in [-0.39, 0.29) is 17.4 Å². The Hall–Kier alpha value is -1.40. The van der Waals surface area contributed by atoms with Crippen LogP contribution in [0.25, 0.3) is 0 Å². The van der Waals surface area contributed by atoms with E-state index in [0.29, 0.717) is 30.6 Å². The Balaban J connectivity index is 2.15. The van der Waals surface area contributed by atoms with Crippen LogP contribution >= 0.6 is 11.3 Å². The van der Waals surface area contributed by atoms with Crippen molar-refractivity contribution in [3.63, 3.8) is 0 Å². The number of ether oxygens (including phenoxy) is 1. The van der Waals surface area contributed by atoms with Crippen molar-refractivity contribution in [3.8, 4) is 0 Å². The number of aromatic carboxylic acids is 1. The summed E-state index contributed by atoms with van der Waals surface area (Å²) >= 11 is 1.35. The zero-order valence-electron chi connectivity index (χ0n) is 13.3. The van der Waals surface area contributed by atoms with Gasteiger partial charge in [0.15, 0.2) is 0 Å². The highest BCUT2D eigenvalue weighted by atomic mass is 32.1. The summed E-state index contributed by atoms with van der Waals surface area (Å²) in [5, 5.41) is 12.7. The van der Waals surface area contributed by atoms with Crippen LogP contribution in [0, 0.1) is 18.8 Å². The average Bonchev–Trinajstić information content (AvgIpc) is 2.82. The van der Waals surface area contributed by atoms with Gasteiger partial charge in [0.2, 0.25) is 5.91 Å². The smallest absolute Gasteiger partial charge is 0.339 e. The molecule has 1 aliphatic rings. The first-order chi connectivity index (χ1) is 10.5. The van der Waals surface area contributed by atoms with Crippen LogP contribution in [-0.2, 0) is 16.0 Å². The molecule has 0 saturated carbocycles. The minimum Gasteiger partial charge on any atom is -0.478 e. The average molecular weight is 325 g/mol.